The molecule has 3 rings (SSSR count). The van der Waals surface area contributed by atoms with Crippen LogP contribution in [-0.2, 0) is 20.7 Å². The fraction of sp³-hybridized carbons (Fsp3) is 0.231. The Balaban J connectivity index is 2.02. The zero-order chi connectivity index (χ0) is 16.6. The molecule has 3 heterocycles. The number of nitrogens with zero attached hydrogens (tertiary/aromatic N) is 6. The summed E-state index contributed by atoms with van der Waals surface area (Å²) in [6.45, 7) is 0.103. The summed E-state index contributed by atoms with van der Waals surface area (Å²) in [4.78, 5) is 16.0. The third kappa shape index (κ3) is 2.29. The van der Waals surface area contributed by atoms with Crippen molar-refractivity contribution < 1.29 is 6.11 Å². The molecule has 0 spiro atoms. The largest absolute Gasteiger partial charge is 0.465 e. The Bertz CT molecular complexity index is 960. The van der Waals surface area contributed by atoms with Crippen molar-refractivity contribution in [3.8, 4) is 23.2 Å². The van der Waals surface area contributed by atoms with Gasteiger partial charge in [-0.05, 0) is 10.4 Å². The molecule has 9 heteroatoms. The third-order valence-electron chi connectivity index (χ3n) is 3.06. The maximum absolute atomic E-state index is 12.1. The Kier molecular flexibility index (Phi) is 3.21. The van der Waals surface area contributed by atoms with E-state index in [4.69, 9.17) is 12.5 Å². The Morgan fingerprint density at radius 1 is 1.50 bits per heavy atom. The minimum atomic E-state index is -0.386. The van der Waals surface area contributed by atoms with Crippen LogP contribution in [-0.4, -0.2) is 29.3 Å². The van der Waals surface area contributed by atoms with Crippen LogP contribution in [0.3, 0.4) is 0 Å². The Labute approximate surface area is 131 Å². The minimum Gasteiger partial charge on any atom is -0.465 e. The quantitative estimate of drug-likeness (QED) is 0.647. The first kappa shape index (κ1) is 12.8. The predicted molar refractivity (Wildman–Crippen MR) is 80.0 cm³/mol. The van der Waals surface area contributed by atoms with E-state index in [9.17, 15) is 4.79 Å². The van der Waals surface area contributed by atoms with E-state index in [2.05, 4.69) is 21.3 Å². The van der Waals surface area contributed by atoms with Crippen molar-refractivity contribution in [3.05, 3.63) is 39.5 Å². The highest BCUT2D eigenvalue weighted by atomic mass is 32.1. The molecular weight excluding hydrogens is 304 g/mol. The minimum absolute atomic E-state index is 0.103. The van der Waals surface area contributed by atoms with Crippen LogP contribution >= 0.6 is 11.3 Å². The van der Waals surface area contributed by atoms with Gasteiger partial charge in [-0.1, -0.05) is 17.3 Å². The first-order chi connectivity index (χ1) is 11.0. The van der Waals surface area contributed by atoms with Crippen molar-refractivity contribution in [2.24, 2.45) is 14.1 Å². The van der Waals surface area contributed by atoms with Gasteiger partial charge in [0.15, 0.2) is 0 Å². The van der Waals surface area contributed by atoms with Gasteiger partial charge in [-0.25, -0.2) is 9.78 Å². The smallest absolute Gasteiger partial charge is 0.368 e. The maximum Gasteiger partial charge on any atom is 0.368 e. The van der Waals surface area contributed by atoms with Gasteiger partial charge < -0.3 is 9.30 Å². The molecule has 0 aliphatic carbocycles. The van der Waals surface area contributed by atoms with E-state index in [1.165, 1.54) is 18.4 Å². The SMILES string of the molecule is [3H]c1csc(OCc2c(-n3nnn(C)c3=O)cn(C)c2C#C)n1. The van der Waals surface area contributed by atoms with Crippen LogP contribution in [0.25, 0.3) is 5.69 Å². The highest BCUT2D eigenvalue weighted by Crippen LogP contribution is 2.22. The fourth-order valence-corrected chi connectivity index (χ4v) is 2.46. The van der Waals surface area contributed by atoms with Gasteiger partial charge in [0.25, 0.3) is 5.19 Å². The number of hydrogen-bond donors (Lipinski definition) is 0. The molecule has 112 valence electrons. The molecule has 0 unspecified atom stereocenters. The molecule has 0 aromatic carbocycles. The van der Waals surface area contributed by atoms with Gasteiger partial charge in [0.1, 0.15) is 12.3 Å². The molecule has 0 radical (unpaired) electrons. The Morgan fingerprint density at radius 2 is 2.32 bits per heavy atom. The van der Waals surface area contributed by atoms with E-state index < -0.39 is 0 Å². The van der Waals surface area contributed by atoms with Crippen LogP contribution in [0.5, 0.6) is 5.19 Å². The van der Waals surface area contributed by atoms with E-state index in [0.29, 0.717) is 22.1 Å². The van der Waals surface area contributed by atoms with Gasteiger partial charge in [0, 0.05) is 37.4 Å². The molecule has 0 amide bonds. The van der Waals surface area contributed by atoms with Crippen LogP contribution in [0.15, 0.2) is 22.5 Å². The van der Waals surface area contributed by atoms with E-state index in [1.54, 1.807) is 23.2 Å². The molecule has 3 aromatic heterocycles. The van der Waals surface area contributed by atoms with Crippen LogP contribution in [0, 0.1) is 12.3 Å². The van der Waals surface area contributed by atoms with Crippen LogP contribution in [0.1, 0.15) is 12.6 Å². The van der Waals surface area contributed by atoms with Crippen LogP contribution in [0.2, 0.25) is 0 Å². The molecule has 8 nitrogen and oxygen atoms in total. The monoisotopic (exact) mass is 318 g/mol. The number of aromatic nitrogens is 6. The average molecular weight is 318 g/mol. The van der Waals surface area contributed by atoms with E-state index >= 15 is 0 Å². The molecule has 0 N–H and O–H groups in total. The number of hydrogen-bond acceptors (Lipinski definition) is 6. The number of thiazole rings is 1. The van der Waals surface area contributed by atoms with Gasteiger partial charge in [-0.2, -0.15) is 9.36 Å². The number of aryl methyl sites for hydroxylation is 2. The highest BCUT2D eigenvalue weighted by molar-refractivity contribution is 7.11. The van der Waals surface area contributed by atoms with Gasteiger partial charge in [0.2, 0.25) is 0 Å². The number of tetrazole rings is 1. The third-order valence-corrected chi connectivity index (χ3v) is 3.69. The molecule has 0 saturated heterocycles. The second-order valence-corrected chi connectivity index (χ2v) is 5.25. The summed E-state index contributed by atoms with van der Waals surface area (Å²) >= 11 is 1.22. The van der Waals surface area contributed by atoms with Crippen molar-refractivity contribution in [2.75, 3.05) is 0 Å². The molecule has 22 heavy (non-hydrogen) atoms. The molecule has 3 aromatic rings. The Hall–Kier alpha value is -2.86. The second-order valence-electron chi connectivity index (χ2n) is 4.42. The van der Waals surface area contributed by atoms with Gasteiger partial charge >= 0.3 is 5.69 Å². The average Bonchev–Trinajstić information content (AvgIpc) is 3.17. The molecule has 0 saturated carbocycles. The second kappa shape index (κ2) is 5.50. The summed E-state index contributed by atoms with van der Waals surface area (Å²) in [5.74, 6) is 2.58. The lowest BCUT2D eigenvalue weighted by atomic mass is 10.2. The van der Waals surface area contributed by atoms with Crippen molar-refractivity contribution in [1.29, 1.82) is 0 Å². The molecular formula is C13H12N6O2S. The standard InChI is InChI=1S/C13H12N6O2S/c1-4-10-9(8-21-12-14-5-6-22-12)11(7-17(10)2)19-13(20)18(3)15-16-19/h1,5-7H,8H2,2-3H3/i5T. The first-order valence-electron chi connectivity index (χ1n) is 6.70. The molecule has 0 aliphatic rings. The topological polar surface area (TPSA) is 79.8 Å². The summed E-state index contributed by atoms with van der Waals surface area (Å²) in [5.41, 5.74) is 1.31. The van der Waals surface area contributed by atoms with Gasteiger partial charge in [0.05, 0.1) is 7.06 Å². The summed E-state index contributed by atoms with van der Waals surface area (Å²) in [6.07, 6.45) is 7.40. The number of terminal acetylenes is 1. The first-order valence-corrected chi connectivity index (χ1v) is 7.08. The normalized spacial score (nSPS) is 11.2. The molecule has 0 atom stereocenters. The fourth-order valence-electron chi connectivity index (χ4n) is 2.02. The highest BCUT2D eigenvalue weighted by Gasteiger charge is 2.19. The summed E-state index contributed by atoms with van der Waals surface area (Å²) in [7, 11) is 3.29. The van der Waals surface area contributed by atoms with Crippen LogP contribution in [0.4, 0.5) is 0 Å². The maximum atomic E-state index is 12.1. The van der Waals surface area contributed by atoms with Crippen molar-refractivity contribution in [1.82, 2.24) is 29.3 Å². The van der Waals surface area contributed by atoms with Crippen molar-refractivity contribution >= 4 is 11.3 Å². The van der Waals surface area contributed by atoms with Crippen LogP contribution < -0.4 is 10.4 Å². The zero-order valence-electron chi connectivity index (χ0n) is 12.8. The zero-order valence-corrected chi connectivity index (χ0v) is 12.7. The summed E-state index contributed by atoms with van der Waals surface area (Å²) in [5, 5.41) is 9.46. The molecule has 0 aliphatic heterocycles. The molecule has 0 bridgehead atoms. The van der Waals surface area contributed by atoms with Crippen molar-refractivity contribution in [2.45, 2.75) is 6.61 Å². The number of ether oxygens (including phenoxy) is 1. The van der Waals surface area contributed by atoms with Crippen molar-refractivity contribution in [3.63, 3.8) is 0 Å². The lowest BCUT2D eigenvalue weighted by molar-refractivity contribution is 0.303. The van der Waals surface area contributed by atoms with E-state index in [1.807, 2.05) is 0 Å². The summed E-state index contributed by atoms with van der Waals surface area (Å²) in [6, 6.07) is 0. The van der Waals surface area contributed by atoms with Gasteiger partial charge in [-0.3, -0.25) is 0 Å². The molecule has 0 fully saturated rings. The number of rotatable bonds is 4. The Morgan fingerprint density at radius 3 is 2.91 bits per heavy atom. The van der Waals surface area contributed by atoms with E-state index in [0.717, 1.165) is 9.36 Å². The lowest BCUT2D eigenvalue weighted by Crippen LogP contribution is -2.22. The lowest BCUT2D eigenvalue weighted by Gasteiger charge is -2.05. The van der Waals surface area contributed by atoms with E-state index in [-0.39, 0.29) is 18.5 Å². The predicted octanol–water partition coefficient (Wildman–Crippen LogP) is 0.321. The summed E-state index contributed by atoms with van der Waals surface area (Å²) < 4.78 is 17.0. The van der Waals surface area contributed by atoms with Gasteiger partial charge in [-0.15, -0.1) is 6.42 Å².